The monoisotopic (exact) mass is 786 g/mol. The molecule has 0 aliphatic heterocycles. The molecule has 6 rings (SSSR count). The Morgan fingerprint density at radius 1 is 0.483 bits per heavy atom. The lowest BCUT2D eigenvalue weighted by atomic mass is 9.88. The molecule has 0 N–H and O–H groups in total. The van der Waals surface area contributed by atoms with Crippen molar-refractivity contribution in [1.82, 2.24) is 0 Å². The second-order valence-electron chi connectivity index (χ2n) is 15.1. The molecule has 0 aromatic heterocycles. The highest BCUT2D eigenvalue weighted by Crippen LogP contribution is 2.42. The number of rotatable bonds is 16. The van der Waals surface area contributed by atoms with Crippen LogP contribution in [0.5, 0.6) is 23.0 Å². The van der Waals surface area contributed by atoms with E-state index in [4.69, 9.17) is 18.9 Å². The largest absolute Gasteiger partial charge is 0.493 e. The molecule has 0 spiro atoms. The first-order valence-corrected chi connectivity index (χ1v) is 20.5. The van der Waals surface area contributed by atoms with Crippen LogP contribution in [0, 0.1) is 27.2 Å². The van der Waals surface area contributed by atoms with E-state index in [2.05, 4.69) is 31.2 Å². The van der Waals surface area contributed by atoms with Gasteiger partial charge < -0.3 is 18.9 Å². The average molecular weight is 787 g/mol. The maximum Gasteiger partial charge on any atom is 0.270 e. The fourth-order valence-electron chi connectivity index (χ4n) is 7.72. The molecule has 58 heavy (non-hydrogen) atoms. The summed E-state index contributed by atoms with van der Waals surface area (Å²) in [4.78, 5) is 24.6. The number of non-ortho nitro benzene ring substituents is 2. The molecule has 0 saturated carbocycles. The molecule has 5 aromatic carbocycles. The van der Waals surface area contributed by atoms with Crippen molar-refractivity contribution < 1.29 is 28.8 Å². The number of benzene rings is 5. The second-order valence-corrected chi connectivity index (χ2v) is 15.1. The molecule has 0 heterocycles. The molecule has 5 aromatic rings. The van der Waals surface area contributed by atoms with Gasteiger partial charge in [-0.15, -0.1) is 0 Å². The van der Waals surface area contributed by atoms with Crippen LogP contribution in [0.1, 0.15) is 115 Å². The van der Waals surface area contributed by atoms with Crippen molar-refractivity contribution in [2.75, 3.05) is 26.4 Å². The van der Waals surface area contributed by atoms with Crippen LogP contribution in [0.15, 0.2) is 78.9 Å². The third kappa shape index (κ3) is 9.79. The van der Waals surface area contributed by atoms with Gasteiger partial charge in [0.2, 0.25) is 0 Å². The predicted molar refractivity (Wildman–Crippen MR) is 227 cm³/mol. The molecule has 0 amide bonds. The highest BCUT2D eigenvalue weighted by molar-refractivity contribution is 5.60. The Morgan fingerprint density at radius 3 is 1.19 bits per heavy atom. The average Bonchev–Trinajstić information content (AvgIpc) is 3.20. The zero-order valence-electron chi connectivity index (χ0n) is 34.4. The summed E-state index contributed by atoms with van der Waals surface area (Å²) in [6.45, 7) is 12.0. The maximum absolute atomic E-state index is 12.6. The quantitative estimate of drug-likeness (QED) is 0.0702. The minimum Gasteiger partial charge on any atom is -0.493 e. The molecule has 1 aliphatic carbocycles. The van der Waals surface area contributed by atoms with E-state index in [0.717, 1.165) is 59.1 Å². The molecule has 0 fully saturated rings. The zero-order valence-corrected chi connectivity index (χ0v) is 34.4. The van der Waals surface area contributed by atoms with Crippen molar-refractivity contribution in [1.29, 1.82) is 0 Å². The molecule has 0 atom stereocenters. The van der Waals surface area contributed by atoms with E-state index in [1.165, 1.54) is 5.56 Å². The van der Waals surface area contributed by atoms with Gasteiger partial charge in [0, 0.05) is 72.2 Å². The van der Waals surface area contributed by atoms with E-state index in [9.17, 15) is 20.2 Å². The van der Waals surface area contributed by atoms with Crippen LogP contribution in [-0.4, -0.2) is 36.3 Å². The second kappa shape index (κ2) is 19.5. The van der Waals surface area contributed by atoms with Gasteiger partial charge in [-0.2, -0.15) is 0 Å². The summed E-state index contributed by atoms with van der Waals surface area (Å²) in [5, 5.41) is 25.2. The zero-order chi connectivity index (χ0) is 41.2. The van der Waals surface area contributed by atoms with E-state index < -0.39 is 0 Å². The van der Waals surface area contributed by atoms with Crippen LogP contribution >= 0.6 is 0 Å². The van der Waals surface area contributed by atoms with Crippen molar-refractivity contribution in [3.8, 4) is 23.0 Å². The van der Waals surface area contributed by atoms with Gasteiger partial charge in [-0.25, -0.2) is 0 Å². The maximum atomic E-state index is 12.6. The van der Waals surface area contributed by atoms with Crippen LogP contribution in [0.4, 0.5) is 11.4 Å². The smallest absolute Gasteiger partial charge is 0.270 e. The van der Waals surface area contributed by atoms with Gasteiger partial charge in [0.15, 0.2) is 0 Å². The van der Waals surface area contributed by atoms with Gasteiger partial charge in [-0.05, 0) is 78.0 Å². The van der Waals surface area contributed by atoms with Crippen LogP contribution in [-0.2, 0) is 32.1 Å². The van der Waals surface area contributed by atoms with Gasteiger partial charge in [0.25, 0.3) is 11.4 Å². The number of aryl methyl sites for hydroxylation is 1. The topological polar surface area (TPSA) is 123 Å². The molecule has 8 bridgehead atoms. The number of nitrogens with zero attached hydrogens (tertiary/aromatic N) is 2. The Hall–Kier alpha value is -5.90. The van der Waals surface area contributed by atoms with E-state index in [0.29, 0.717) is 104 Å². The SMILES string of the molecule is CCCOc1c2cccc1Cc1cc([N+](=O)[O-])cc(c1OCCC)Cc1cc(Cc3ccccc3C)cc(c1OCCC)Cc1cc([N+](=O)[O-])cc(c1OCCC)C2. The molecule has 10 nitrogen and oxygen atoms in total. The summed E-state index contributed by atoms with van der Waals surface area (Å²) < 4.78 is 26.3. The van der Waals surface area contributed by atoms with Gasteiger partial charge in [-0.1, -0.05) is 82.3 Å². The summed E-state index contributed by atoms with van der Waals surface area (Å²) in [6.07, 6.45) is 4.84. The lowest BCUT2D eigenvalue weighted by molar-refractivity contribution is -0.385. The van der Waals surface area contributed by atoms with E-state index in [1.54, 1.807) is 24.3 Å². The number of fused-ring (bicyclic) bond motifs is 8. The molecular weight excluding hydrogens is 733 g/mol. The molecule has 0 radical (unpaired) electrons. The minimum atomic E-state index is -0.342. The fraction of sp³-hybridized carbons (Fsp3) is 0.375. The first-order valence-electron chi connectivity index (χ1n) is 20.5. The molecule has 0 saturated heterocycles. The van der Waals surface area contributed by atoms with E-state index >= 15 is 0 Å². The lowest BCUT2D eigenvalue weighted by Gasteiger charge is -2.23. The standard InChI is InChI=1S/C48H54N2O8/c1-6-17-55-45-35-15-12-16-36(45)25-40-29-44(50(53)54)31-42(48(40)58-20-9-4)27-38-23-33(21-34-14-11-10-13-32(34)5)22-37(46(38)56-18-7-2)26-41-30-43(49(51)52)28-39(24-35)47(41)57-19-8-3/h10-16,22-23,28-31H,6-9,17-21,24-27H2,1-5H3. The van der Waals surface area contributed by atoms with Crippen molar-refractivity contribution in [3.05, 3.63) is 160 Å². The summed E-state index contributed by atoms with van der Waals surface area (Å²) in [7, 11) is 0. The van der Waals surface area contributed by atoms with Gasteiger partial charge >= 0.3 is 0 Å². The predicted octanol–water partition coefficient (Wildman–Crippen LogP) is 11.2. The van der Waals surface area contributed by atoms with Gasteiger partial charge in [0.1, 0.15) is 23.0 Å². The van der Waals surface area contributed by atoms with Crippen LogP contribution in [0.2, 0.25) is 0 Å². The molecule has 1 aliphatic rings. The number of para-hydroxylation sites is 1. The fourth-order valence-corrected chi connectivity index (χ4v) is 7.72. The summed E-state index contributed by atoms with van der Waals surface area (Å²) in [5.74, 6) is 2.55. The Morgan fingerprint density at radius 2 is 0.828 bits per heavy atom. The van der Waals surface area contributed by atoms with Crippen molar-refractivity contribution in [3.63, 3.8) is 0 Å². The van der Waals surface area contributed by atoms with Crippen molar-refractivity contribution >= 4 is 11.4 Å². The van der Waals surface area contributed by atoms with Crippen LogP contribution < -0.4 is 18.9 Å². The number of nitro benzene ring substituents is 2. The third-order valence-electron chi connectivity index (χ3n) is 10.3. The molecule has 304 valence electrons. The van der Waals surface area contributed by atoms with Gasteiger partial charge in [0.05, 0.1) is 36.3 Å². The highest BCUT2D eigenvalue weighted by Gasteiger charge is 2.26. The summed E-state index contributed by atoms with van der Waals surface area (Å²) in [5.41, 5.74) is 9.42. The molecule has 0 unspecified atom stereocenters. The van der Waals surface area contributed by atoms with Gasteiger partial charge in [-0.3, -0.25) is 20.2 Å². The lowest BCUT2D eigenvalue weighted by Crippen LogP contribution is -2.11. The number of hydrogen-bond acceptors (Lipinski definition) is 8. The normalized spacial score (nSPS) is 12.2. The van der Waals surface area contributed by atoms with Crippen molar-refractivity contribution in [2.24, 2.45) is 0 Å². The summed E-state index contributed by atoms with van der Waals surface area (Å²) >= 11 is 0. The first kappa shape index (κ1) is 41.7. The number of nitro groups is 2. The third-order valence-corrected chi connectivity index (χ3v) is 10.3. The Balaban J connectivity index is 1.71. The molecular formula is C48H54N2O8. The highest BCUT2D eigenvalue weighted by atomic mass is 16.6. The molecule has 10 heteroatoms. The Bertz CT molecular complexity index is 2140. The van der Waals surface area contributed by atoms with Crippen LogP contribution in [0.25, 0.3) is 0 Å². The number of ether oxygens (including phenoxy) is 4. The first-order chi connectivity index (χ1) is 28.1. The van der Waals surface area contributed by atoms with E-state index in [1.807, 2.05) is 58.0 Å². The Labute approximate surface area is 341 Å². The number of hydrogen-bond donors (Lipinski definition) is 0. The minimum absolute atomic E-state index is 0.0190. The van der Waals surface area contributed by atoms with Crippen LogP contribution in [0.3, 0.4) is 0 Å². The summed E-state index contributed by atoms with van der Waals surface area (Å²) in [6, 6.07) is 24.9. The Kier molecular flexibility index (Phi) is 14.0. The van der Waals surface area contributed by atoms with E-state index in [-0.39, 0.29) is 21.2 Å². The van der Waals surface area contributed by atoms with Crippen molar-refractivity contribution in [2.45, 2.75) is 92.4 Å².